The van der Waals surface area contributed by atoms with Crippen molar-refractivity contribution in [3.63, 3.8) is 0 Å². The summed E-state index contributed by atoms with van der Waals surface area (Å²) in [7, 11) is 0. The first-order chi connectivity index (χ1) is 11.6. The summed E-state index contributed by atoms with van der Waals surface area (Å²) in [5.41, 5.74) is 1.48. The molecule has 0 bridgehead atoms. The molecule has 124 valence electrons. The molecule has 0 spiro atoms. The molecule has 0 saturated carbocycles. The van der Waals surface area contributed by atoms with E-state index in [4.69, 9.17) is 11.6 Å². The van der Waals surface area contributed by atoms with Crippen molar-refractivity contribution in [3.05, 3.63) is 59.6 Å². The molecule has 1 aliphatic rings. The van der Waals surface area contributed by atoms with Crippen LogP contribution in [0, 0.1) is 0 Å². The summed E-state index contributed by atoms with van der Waals surface area (Å²) in [5, 5.41) is 3.34. The number of para-hydroxylation sites is 1. The average molecular weight is 344 g/mol. The van der Waals surface area contributed by atoms with Gasteiger partial charge in [-0.05, 0) is 36.8 Å². The maximum absolute atomic E-state index is 12.5. The van der Waals surface area contributed by atoms with Gasteiger partial charge in [0.25, 0.3) is 0 Å². The summed E-state index contributed by atoms with van der Waals surface area (Å²) >= 11 is 5.92. The lowest BCUT2D eigenvalue weighted by atomic mass is 10.2. The lowest BCUT2D eigenvalue weighted by Crippen LogP contribution is -2.41. The molecule has 2 aromatic rings. The Morgan fingerprint density at radius 1 is 1.04 bits per heavy atom. The highest BCUT2D eigenvalue weighted by Gasteiger charge is 2.25. The first kappa shape index (κ1) is 16.3. The second kappa shape index (κ2) is 7.36. The third-order valence-corrected chi connectivity index (χ3v) is 4.10. The fourth-order valence-electron chi connectivity index (χ4n) is 2.70. The predicted octanol–water partition coefficient (Wildman–Crippen LogP) is 3.61. The number of carbonyl (C=O) groups excluding carboxylic acids is 2. The molecule has 6 heteroatoms. The van der Waals surface area contributed by atoms with Crippen LogP contribution >= 0.6 is 11.6 Å². The highest BCUT2D eigenvalue weighted by Crippen LogP contribution is 2.18. The molecule has 0 aliphatic carbocycles. The molecule has 24 heavy (non-hydrogen) atoms. The molecule has 1 saturated heterocycles. The molecule has 0 aromatic heterocycles. The Hall–Kier alpha value is -2.53. The Labute approximate surface area is 145 Å². The zero-order valence-electron chi connectivity index (χ0n) is 13.1. The van der Waals surface area contributed by atoms with Crippen LogP contribution in [0.3, 0.4) is 0 Å². The Morgan fingerprint density at radius 2 is 1.83 bits per heavy atom. The van der Waals surface area contributed by atoms with E-state index in [1.54, 1.807) is 29.2 Å². The Kier molecular flexibility index (Phi) is 5.01. The van der Waals surface area contributed by atoms with Gasteiger partial charge in [-0.15, -0.1) is 0 Å². The smallest absolute Gasteiger partial charge is 0.315 e. The summed E-state index contributed by atoms with van der Waals surface area (Å²) in [4.78, 5) is 28.2. The zero-order chi connectivity index (χ0) is 16.9. The summed E-state index contributed by atoms with van der Waals surface area (Å²) in [6, 6.07) is 16.2. The van der Waals surface area contributed by atoms with Gasteiger partial charge in [0.2, 0.25) is 5.91 Å². The summed E-state index contributed by atoms with van der Waals surface area (Å²) in [6.07, 6.45) is 0.726. The van der Waals surface area contributed by atoms with Crippen LogP contribution in [0.2, 0.25) is 5.02 Å². The van der Waals surface area contributed by atoms with Crippen molar-refractivity contribution in [3.8, 4) is 0 Å². The number of carbonyl (C=O) groups is 2. The minimum Gasteiger partial charge on any atom is -0.315 e. The SMILES string of the molecule is O=C(Nc1cccc(Cl)c1)N1CCCN(c2ccccc2)C(=O)C1. The Bertz CT molecular complexity index is 736. The van der Waals surface area contributed by atoms with Gasteiger partial charge >= 0.3 is 6.03 Å². The van der Waals surface area contributed by atoms with Crippen LogP contribution in [0.4, 0.5) is 16.2 Å². The standard InChI is InChI=1S/C18H18ClN3O2/c19-14-6-4-7-15(12-14)20-18(24)21-10-5-11-22(17(23)13-21)16-8-2-1-3-9-16/h1-4,6-9,12H,5,10-11,13H2,(H,20,24). The maximum atomic E-state index is 12.5. The van der Waals surface area contributed by atoms with Crippen molar-refractivity contribution in [2.24, 2.45) is 0 Å². The van der Waals surface area contributed by atoms with Gasteiger partial charge in [0.1, 0.15) is 6.54 Å². The first-order valence-electron chi connectivity index (χ1n) is 7.80. The number of halogens is 1. The number of anilines is 2. The van der Waals surface area contributed by atoms with Crippen molar-refractivity contribution >= 4 is 34.9 Å². The van der Waals surface area contributed by atoms with Crippen LogP contribution in [-0.2, 0) is 4.79 Å². The molecular formula is C18H18ClN3O2. The van der Waals surface area contributed by atoms with Crippen molar-refractivity contribution in [2.75, 3.05) is 29.9 Å². The van der Waals surface area contributed by atoms with Gasteiger partial charge in [0, 0.05) is 29.5 Å². The van der Waals surface area contributed by atoms with E-state index in [1.807, 2.05) is 30.3 Å². The van der Waals surface area contributed by atoms with Gasteiger partial charge in [-0.2, -0.15) is 0 Å². The largest absolute Gasteiger partial charge is 0.322 e. The minimum atomic E-state index is -0.291. The van der Waals surface area contributed by atoms with Crippen molar-refractivity contribution in [2.45, 2.75) is 6.42 Å². The quantitative estimate of drug-likeness (QED) is 0.905. The van der Waals surface area contributed by atoms with E-state index in [0.29, 0.717) is 23.8 Å². The van der Waals surface area contributed by atoms with Crippen LogP contribution in [0.1, 0.15) is 6.42 Å². The number of nitrogens with one attached hydrogen (secondary N) is 1. The second-order valence-corrected chi connectivity index (χ2v) is 6.03. The van der Waals surface area contributed by atoms with Crippen LogP contribution in [0.25, 0.3) is 0 Å². The molecule has 1 heterocycles. The normalized spacial score (nSPS) is 15.1. The Balaban J connectivity index is 1.68. The zero-order valence-corrected chi connectivity index (χ0v) is 13.9. The lowest BCUT2D eigenvalue weighted by molar-refractivity contribution is -0.118. The van der Waals surface area contributed by atoms with Gasteiger partial charge in [0.15, 0.2) is 0 Å². The summed E-state index contributed by atoms with van der Waals surface area (Å²) < 4.78 is 0. The average Bonchev–Trinajstić information content (AvgIpc) is 2.77. The third-order valence-electron chi connectivity index (χ3n) is 3.87. The van der Waals surface area contributed by atoms with Crippen LogP contribution in [0.5, 0.6) is 0 Å². The monoisotopic (exact) mass is 343 g/mol. The second-order valence-electron chi connectivity index (χ2n) is 5.60. The molecule has 1 N–H and O–H groups in total. The maximum Gasteiger partial charge on any atom is 0.322 e. The molecule has 2 aromatic carbocycles. The number of amides is 3. The molecule has 0 unspecified atom stereocenters. The molecule has 1 aliphatic heterocycles. The van der Waals surface area contributed by atoms with E-state index >= 15 is 0 Å². The topological polar surface area (TPSA) is 52.7 Å². The van der Waals surface area contributed by atoms with Gasteiger partial charge < -0.3 is 15.1 Å². The number of hydrogen-bond acceptors (Lipinski definition) is 2. The molecule has 0 radical (unpaired) electrons. The first-order valence-corrected chi connectivity index (χ1v) is 8.18. The minimum absolute atomic E-state index is 0.0568. The van der Waals surface area contributed by atoms with Gasteiger partial charge in [-0.1, -0.05) is 35.9 Å². The van der Waals surface area contributed by atoms with E-state index in [0.717, 1.165) is 12.1 Å². The Morgan fingerprint density at radius 3 is 2.58 bits per heavy atom. The fraction of sp³-hybridized carbons (Fsp3) is 0.222. The van der Waals surface area contributed by atoms with E-state index in [2.05, 4.69) is 5.32 Å². The molecule has 0 atom stereocenters. The van der Waals surface area contributed by atoms with E-state index < -0.39 is 0 Å². The van der Waals surface area contributed by atoms with Crippen molar-refractivity contribution < 1.29 is 9.59 Å². The lowest BCUT2D eigenvalue weighted by Gasteiger charge is -2.22. The fourth-order valence-corrected chi connectivity index (χ4v) is 2.89. The van der Waals surface area contributed by atoms with Crippen molar-refractivity contribution in [1.82, 2.24) is 4.90 Å². The number of urea groups is 1. The number of hydrogen-bond donors (Lipinski definition) is 1. The van der Waals surface area contributed by atoms with Gasteiger partial charge in [0.05, 0.1) is 0 Å². The van der Waals surface area contributed by atoms with Crippen LogP contribution in [-0.4, -0.2) is 36.5 Å². The van der Waals surface area contributed by atoms with Gasteiger partial charge in [-0.25, -0.2) is 4.79 Å². The predicted molar refractivity (Wildman–Crippen MR) is 95.5 cm³/mol. The summed E-state index contributed by atoms with van der Waals surface area (Å²) in [6.45, 7) is 1.19. The molecular weight excluding hydrogens is 326 g/mol. The molecule has 3 rings (SSSR count). The van der Waals surface area contributed by atoms with E-state index in [-0.39, 0.29) is 18.5 Å². The molecule has 3 amide bonds. The highest BCUT2D eigenvalue weighted by molar-refractivity contribution is 6.30. The number of rotatable bonds is 2. The third kappa shape index (κ3) is 3.86. The number of nitrogens with zero attached hydrogens (tertiary/aromatic N) is 2. The van der Waals surface area contributed by atoms with Crippen LogP contribution in [0.15, 0.2) is 54.6 Å². The molecule has 1 fully saturated rings. The summed E-state index contributed by atoms with van der Waals surface area (Å²) in [5.74, 6) is -0.0834. The van der Waals surface area contributed by atoms with Crippen LogP contribution < -0.4 is 10.2 Å². The van der Waals surface area contributed by atoms with E-state index in [9.17, 15) is 9.59 Å². The molecule has 5 nitrogen and oxygen atoms in total. The van der Waals surface area contributed by atoms with E-state index in [1.165, 1.54) is 4.90 Å². The number of benzene rings is 2. The van der Waals surface area contributed by atoms with Crippen molar-refractivity contribution in [1.29, 1.82) is 0 Å². The highest BCUT2D eigenvalue weighted by atomic mass is 35.5. The van der Waals surface area contributed by atoms with Gasteiger partial charge in [-0.3, -0.25) is 4.79 Å².